The Hall–Kier alpha value is -3.19. The number of aliphatic carboxylic acids is 1. The first-order valence-corrected chi connectivity index (χ1v) is 10.6. The van der Waals surface area contributed by atoms with Crippen LogP contribution in [-0.2, 0) is 16.0 Å². The minimum absolute atomic E-state index is 0.0552. The quantitative estimate of drug-likeness (QED) is 0.819. The number of carboxylic acids is 1. The van der Waals surface area contributed by atoms with Gasteiger partial charge in [0.2, 0.25) is 0 Å². The molecule has 1 N–H and O–H groups in total. The summed E-state index contributed by atoms with van der Waals surface area (Å²) in [5, 5.41) is 9.69. The van der Waals surface area contributed by atoms with E-state index in [4.69, 9.17) is 4.74 Å². The lowest BCUT2D eigenvalue weighted by molar-refractivity contribution is -0.143. The van der Waals surface area contributed by atoms with Gasteiger partial charge in [-0.25, -0.2) is 4.79 Å². The van der Waals surface area contributed by atoms with E-state index >= 15 is 0 Å². The number of amides is 2. The van der Waals surface area contributed by atoms with Crippen molar-refractivity contribution in [1.82, 2.24) is 9.80 Å². The first-order valence-electron chi connectivity index (χ1n) is 10.6. The molecule has 7 nitrogen and oxygen atoms in total. The normalized spacial score (nSPS) is 20.1. The smallest absolute Gasteiger partial charge is 0.328 e. The van der Waals surface area contributed by atoms with Crippen molar-refractivity contribution < 1.29 is 24.2 Å². The molecule has 0 radical (unpaired) electrons. The number of hydrogen-bond donors (Lipinski definition) is 1. The van der Waals surface area contributed by atoms with E-state index in [9.17, 15) is 19.5 Å². The van der Waals surface area contributed by atoms with Crippen molar-refractivity contribution in [2.24, 2.45) is 0 Å². The summed E-state index contributed by atoms with van der Waals surface area (Å²) in [6.45, 7) is 2.79. The number of piperidine rings is 1. The zero-order chi connectivity index (χ0) is 22.0. The maximum atomic E-state index is 13.2. The topological polar surface area (TPSA) is 87.2 Å². The van der Waals surface area contributed by atoms with E-state index in [1.165, 1.54) is 10.5 Å². The van der Waals surface area contributed by atoms with Gasteiger partial charge >= 0.3 is 5.97 Å². The summed E-state index contributed by atoms with van der Waals surface area (Å²) in [5.41, 5.74) is 1.20. The Balaban J connectivity index is 1.53. The van der Waals surface area contributed by atoms with Gasteiger partial charge in [0.25, 0.3) is 11.8 Å². The molecule has 31 heavy (non-hydrogen) atoms. The highest BCUT2D eigenvalue weighted by Crippen LogP contribution is 2.38. The molecule has 2 aromatic rings. The Morgan fingerprint density at radius 3 is 2.16 bits per heavy atom. The lowest BCUT2D eigenvalue weighted by Crippen LogP contribution is -2.58. The monoisotopic (exact) mass is 422 g/mol. The summed E-state index contributed by atoms with van der Waals surface area (Å²) in [7, 11) is 0. The summed E-state index contributed by atoms with van der Waals surface area (Å²) in [5.74, 6) is -1.51. The molecule has 1 spiro atoms. The van der Waals surface area contributed by atoms with Crippen LogP contribution < -0.4 is 0 Å². The second kappa shape index (κ2) is 8.51. The third-order valence-electron chi connectivity index (χ3n) is 6.23. The molecule has 2 amide bonds. The number of hydrogen-bond acceptors (Lipinski definition) is 4. The van der Waals surface area contributed by atoms with Gasteiger partial charge in [0.05, 0.1) is 6.61 Å². The van der Waals surface area contributed by atoms with Crippen molar-refractivity contribution in [2.75, 3.05) is 19.7 Å². The van der Waals surface area contributed by atoms with Crippen molar-refractivity contribution in [3.63, 3.8) is 0 Å². The number of ether oxygens (including phenoxy) is 1. The second-order valence-corrected chi connectivity index (χ2v) is 8.00. The number of benzene rings is 2. The molecule has 2 saturated heterocycles. The first-order chi connectivity index (χ1) is 14.9. The van der Waals surface area contributed by atoms with Crippen molar-refractivity contribution in [1.29, 1.82) is 0 Å². The number of rotatable bonds is 4. The van der Waals surface area contributed by atoms with Crippen molar-refractivity contribution in [3.05, 3.63) is 71.3 Å². The van der Waals surface area contributed by atoms with Crippen molar-refractivity contribution in [3.8, 4) is 0 Å². The average molecular weight is 422 g/mol. The molecule has 1 atom stereocenters. The van der Waals surface area contributed by atoms with Crippen LogP contribution in [0.25, 0.3) is 0 Å². The minimum Gasteiger partial charge on any atom is -0.480 e. The summed E-state index contributed by atoms with van der Waals surface area (Å²) < 4.78 is 5.96. The number of likely N-dealkylation sites (tertiary alicyclic amines) is 1. The summed E-state index contributed by atoms with van der Waals surface area (Å²) >= 11 is 0. The van der Waals surface area contributed by atoms with Crippen LogP contribution in [0.2, 0.25) is 0 Å². The van der Waals surface area contributed by atoms with Crippen LogP contribution in [0.5, 0.6) is 0 Å². The van der Waals surface area contributed by atoms with E-state index < -0.39 is 17.7 Å². The molecule has 7 heteroatoms. The van der Waals surface area contributed by atoms with Crippen molar-refractivity contribution in [2.45, 2.75) is 38.0 Å². The predicted octanol–water partition coefficient (Wildman–Crippen LogP) is 2.81. The van der Waals surface area contributed by atoms with Crippen LogP contribution in [0.15, 0.2) is 54.6 Å². The fraction of sp³-hybridized carbons (Fsp3) is 0.375. The lowest BCUT2D eigenvalue weighted by Gasteiger charge is -2.44. The second-order valence-electron chi connectivity index (χ2n) is 8.00. The fourth-order valence-electron chi connectivity index (χ4n) is 4.40. The Bertz CT molecular complexity index is 965. The van der Waals surface area contributed by atoms with E-state index in [0.717, 1.165) is 6.42 Å². The third kappa shape index (κ3) is 3.93. The highest BCUT2D eigenvalue weighted by atomic mass is 16.5. The van der Waals surface area contributed by atoms with E-state index in [2.05, 4.69) is 6.92 Å². The van der Waals surface area contributed by atoms with Gasteiger partial charge in [-0.3, -0.25) is 14.5 Å². The zero-order valence-corrected chi connectivity index (χ0v) is 17.5. The van der Waals surface area contributed by atoms with Crippen molar-refractivity contribution >= 4 is 17.8 Å². The van der Waals surface area contributed by atoms with Crippen LogP contribution in [0.1, 0.15) is 46.0 Å². The Morgan fingerprint density at radius 2 is 1.58 bits per heavy atom. The number of carboxylic acid groups (broad SMARTS) is 1. The number of aryl methyl sites for hydroxylation is 1. The molecular weight excluding hydrogens is 396 g/mol. The van der Waals surface area contributed by atoms with E-state index in [-0.39, 0.29) is 18.4 Å². The molecule has 4 rings (SSSR count). The molecule has 2 heterocycles. The zero-order valence-electron chi connectivity index (χ0n) is 17.5. The molecule has 0 aromatic heterocycles. The number of carbonyl (C=O) groups is 3. The highest BCUT2D eigenvalue weighted by molar-refractivity contribution is 5.97. The van der Waals surface area contributed by atoms with Gasteiger partial charge in [-0.2, -0.15) is 0 Å². The molecule has 2 aromatic carbocycles. The molecule has 2 aliphatic rings. The third-order valence-corrected chi connectivity index (χ3v) is 6.23. The fourth-order valence-corrected chi connectivity index (χ4v) is 4.40. The largest absolute Gasteiger partial charge is 0.480 e. The predicted molar refractivity (Wildman–Crippen MR) is 114 cm³/mol. The van der Waals surface area contributed by atoms with Crippen LogP contribution in [0.4, 0.5) is 0 Å². The summed E-state index contributed by atoms with van der Waals surface area (Å²) in [6.07, 6.45) is 1.65. The maximum Gasteiger partial charge on any atom is 0.328 e. The first kappa shape index (κ1) is 21.1. The average Bonchev–Trinajstić information content (AvgIpc) is 3.18. The van der Waals surface area contributed by atoms with Crippen LogP contribution in [0.3, 0.4) is 0 Å². The van der Waals surface area contributed by atoms with Gasteiger partial charge in [0.1, 0.15) is 5.72 Å². The van der Waals surface area contributed by atoms with Gasteiger partial charge < -0.3 is 14.7 Å². The van der Waals surface area contributed by atoms with Gasteiger partial charge in [0, 0.05) is 37.1 Å². The molecule has 0 bridgehead atoms. The van der Waals surface area contributed by atoms with E-state index in [1.54, 1.807) is 35.2 Å². The molecule has 0 aliphatic carbocycles. The SMILES string of the molecule is CCc1ccc(C(=O)N2CCC3(CC2)OC[C@@H](C(=O)O)N3C(=O)c2ccccc2)cc1. The number of carbonyl (C=O) groups excluding carboxylic acids is 2. The van der Waals surface area contributed by atoms with Crippen LogP contribution >= 0.6 is 0 Å². The summed E-state index contributed by atoms with van der Waals surface area (Å²) in [4.78, 5) is 41.1. The Labute approximate surface area is 181 Å². The minimum atomic E-state index is -1.09. The standard InChI is InChI=1S/C24H26N2O5/c1-2-17-8-10-19(11-9-17)21(27)25-14-12-24(13-15-25)26(20(16-31-24)23(29)30)22(28)18-6-4-3-5-7-18/h3-11,20H,2,12-16H2,1H3,(H,29,30)/t20-/m0/s1. The van der Waals surface area contributed by atoms with Crippen LogP contribution in [0, 0.1) is 0 Å². The molecule has 162 valence electrons. The summed E-state index contributed by atoms with van der Waals surface area (Å²) in [6, 6.07) is 15.2. The van der Waals surface area contributed by atoms with Gasteiger partial charge in [-0.15, -0.1) is 0 Å². The Kier molecular flexibility index (Phi) is 5.78. The highest BCUT2D eigenvalue weighted by Gasteiger charge is 2.54. The molecule has 0 unspecified atom stereocenters. The molecule has 2 aliphatic heterocycles. The Morgan fingerprint density at radius 1 is 0.968 bits per heavy atom. The van der Waals surface area contributed by atoms with Gasteiger partial charge in [0.15, 0.2) is 6.04 Å². The lowest BCUT2D eigenvalue weighted by atomic mass is 9.96. The molecular formula is C24H26N2O5. The molecule has 0 saturated carbocycles. The van der Waals surface area contributed by atoms with Crippen LogP contribution in [-0.4, -0.2) is 64.2 Å². The maximum absolute atomic E-state index is 13.2. The van der Waals surface area contributed by atoms with E-state index in [1.807, 2.05) is 24.3 Å². The molecule has 2 fully saturated rings. The van der Waals surface area contributed by atoms with Gasteiger partial charge in [-0.1, -0.05) is 37.3 Å². The van der Waals surface area contributed by atoms with E-state index in [0.29, 0.717) is 37.1 Å². The van der Waals surface area contributed by atoms with Gasteiger partial charge in [-0.05, 0) is 36.2 Å². The number of nitrogens with zero attached hydrogens (tertiary/aromatic N) is 2.